The molecule has 0 aliphatic rings. The van der Waals surface area contributed by atoms with Crippen molar-refractivity contribution >= 4 is 58.5 Å². The predicted molar refractivity (Wildman–Crippen MR) is 61.3 cm³/mol. The number of benzene rings is 1. The average Bonchev–Trinajstić information content (AvgIpc) is 2.04. The molecule has 0 atom stereocenters. The maximum absolute atomic E-state index is 10.6. The fourth-order valence-corrected chi connectivity index (χ4v) is 0.999. The maximum atomic E-state index is 10.6. The van der Waals surface area contributed by atoms with E-state index in [1.54, 1.807) is 6.07 Å². The van der Waals surface area contributed by atoms with Crippen LogP contribution in [0.2, 0.25) is 0 Å². The number of rotatable bonds is 2. The molecule has 14 heavy (non-hydrogen) atoms. The van der Waals surface area contributed by atoms with Crippen molar-refractivity contribution in [2.45, 2.75) is 0 Å². The molecule has 0 radical (unpaired) electrons. The van der Waals surface area contributed by atoms with E-state index in [0.717, 1.165) is 0 Å². The summed E-state index contributed by atoms with van der Waals surface area (Å²) in [4.78, 5) is 21.3. The Morgan fingerprint density at radius 1 is 0.929 bits per heavy atom. The number of carbonyl (C=O) groups is 2. The lowest BCUT2D eigenvalue weighted by atomic mass is 10.1. The van der Waals surface area contributed by atoms with Crippen molar-refractivity contribution in [2.75, 3.05) is 0 Å². The van der Waals surface area contributed by atoms with Crippen molar-refractivity contribution in [3.63, 3.8) is 0 Å². The molecule has 1 aromatic rings. The molecule has 0 heterocycles. The number of carbonyl (C=O) groups excluding carboxylic acids is 2. The highest BCUT2D eigenvalue weighted by molar-refractivity contribution is 6.69. The van der Waals surface area contributed by atoms with Crippen LogP contribution in [0.1, 0.15) is 20.7 Å². The van der Waals surface area contributed by atoms with Gasteiger partial charge in [-0.1, -0.05) is 18.2 Å². The summed E-state index contributed by atoms with van der Waals surface area (Å²) in [5.41, 5.74) is 0.534. The lowest BCUT2D eigenvalue weighted by Gasteiger charge is -1.95. The molecular weight excluding hydrogens is 270 g/mol. The minimum absolute atomic E-state index is 0. The molecule has 1 rings (SSSR count). The van der Waals surface area contributed by atoms with Crippen LogP contribution in [-0.4, -0.2) is 10.5 Å². The van der Waals surface area contributed by atoms with Gasteiger partial charge >= 0.3 is 0 Å². The zero-order valence-corrected chi connectivity index (χ0v) is 9.84. The third-order valence-electron chi connectivity index (χ3n) is 1.32. The lowest BCUT2D eigenvalue weighted by molar-refractivity contribution is 0.108. The van der Waals surface area contributed by atoms with E-state index in [4.69, 9.17) is 23.2 Å². The second kappa shape index (κ2) is 7.07. The third kappa shape index (κ3) is 4.29. The largest absolute Gasteiger partial charge is 0.276 e. The second-order valence-corrected chi connectivity index (χ2v) is 2.81. The smallest absolute Gasteiger partial charge is 0.252 e. The van der Waals surface area contributed by atoms with Crippen LogP contribution in [0.25, 0.3) is 0 Å². The molecule has 0 spiro atoms. The van der Waals surface area contributed by atoms with E-state index in [2.05, 4.69) is 0 Å². The molecule has 0 aliphatic heterocycles. The molecule has 0 saturated carbocycles. The summed E-state index contributed by atoms with van der Waals surface area (Å²) in [6.45, 7) is 0. The lowest BCUT2D eigenvalue weighted by Crippen LogP contribution is -1.93. The Morgan fingerprint density at radius 3 is 1.57 bits per heavy atom. The van der Waals surface area contributed by atoms with Gasteiger partial charge in [0.1, 0.15) is 0 Å². The molecule has 0 N–H and O–H groups in total. The third-order valence-corrected chi connectivity index (χ3v) is 1.75. The number of halogens is 4. The first-order chi connectivity index (χ1) is 5.61. The first kappa shape index (κ1) is 16.2. The molecule has 0 unspecified atom stereocenters. The molecule has 1 aromatic carbocycles. The molecule has 0 aliphatic carbocycles. The summed E-state index contributed by atoms with van der Waals surface area (Å²) in [5.74, 6) is 0. The summed E-state index contributed by atoms with van der Waals surface area (Å²) in [6.07, 6.45) is 0. The van der Waals surface area contributed by atoms with Gasteiger partial charge in [-0.25, -0.2) is 0 Å². The Hall–Kier alpha value is -0.280. The van der Waals surface area contributed by atoms with Crippen molar-refractivity contribution in [1.29, 1.82) is 0 Å². The van der Waals surface area contributed by atoms with Crippen molar-refractivity contribution in [2.24, 2.45) is 0 Å². The first-order valence-electron chi connectivity index (χ1n) is 3.11. The van der Waals surface area contributed by atoms with E-state index in [0.29, 0.717) is 0 Å². The molecule has 2 nitrogen and oxygen atoms in total. The van der Waals surface area contributed by atoms with Gasteiger partial charge in [0.05, 0.1) is 0 Å². The second-order valence-electron chi connectivity index (χ2n) is 2.13. The Labute approximate surface area is 103 Å². The van der Waals surface area contributed by atoms with Gasteiger partial charge < -0.3 is 0 Å². The topological polar surface area (TPSA) is 34.1 Å². The van der Waals surface area contributed by atoms with E-state index in [9.17, 15) is 9.59 Å². The van der Waals surface area contributed by atoms with Crippen molar-refractivity contribution < 1.29 is 9.59 Å². The van der Waals surface area contributed by atoms with E-state index < -0.39 is 10.5 Å². The van der Waals surface area contributed by atoms with Gasteiger partial charge in [-0.15, -0.1) is 24.8 Å². The molecule has 6 heteroatoms. The van der Waals surface area contributed by atoms with Crippen LogP contribution >= 0.6 is 48.0 Å². The highest BCUT2D eigenvalue weighted by Gasteiger charge is 2.05. The standard InChI is InChI=1S/C8H4Cl2O2.2ClH/c9-7(11)5-2-1-3-6(4-5)8(10)12;;/h1-4H;2*1H. The zero-order valence-electron chi connectivity index (χ0n) is 6.70. The molecule has 0 saturated heterocycles. The Morgan fingerprint density at radius 2 is 1.29 bits per heavy atom. The van der Waals surface area contributed by atoms with Crippen LogP contribution < -0.4 is 0 Å². The monoisotopic (exact) mass is 274 g/mol. The van der Waals surface area contributed by atoms with Crippen molar-refractivity contribution in [3.8, 4) is 0 Å². The minimum atomic E-state index is -0.602. The molecule has 0 aromatic heterocycles. The van der Waals surface area contributed by atoms with Crippen LogP contribution in [0.15, 0.2) is 24.3 Å². The van der Waals surface area contributed by atoms with E-state index in [1.807, 2.05) is 0 Å². The fourth-order valence-electron chi connectivity index (χ4n) is 0.764. The Kier molecular flexibility index (Phi) is 8.16. The molecule has 0 bridgehead atoms. The van der Waals surface area contributed by atoms with Gasteiger partial charge in [0.25, 0.3) is 10.5 Å². The number of hydrogen-bond donors (Lipinski definition) is 0. The highest BCUT2D eigenvalue weighted by Crippen LogP contribution is 2.09. The van der Waals surface area contributed by atoms with Gasteiger partial charge in [0, 0.05) is 11.1 Å². The van der Waals surface area contributed by atoms with Crippen molar-refractivity contribution in [3.05, 3.63) is 35.4 Å². The first-order valence-corrected chi connectivity index (χ1v) is 3.86. The average molecular weight is 276 g/mol. The van der Waals surface area contributed by atoms with Gasteiger partial charge in [0.15, 0.2) is 0 Å². The predicted octanol–water partition coefficient (Wildman–Crippen LogP) is 3.29. The van der Waals surface area contributed by atoms with Gasteiger partial charge in [-0.05, 0) is 29.3 Å². The maximum Gasteiger partial charge on any atom is 0.252 e. The van der Waals surface area contributed by atoms with E-state index >= 15 is 0 Å². The van der Waals surface area contributed by atoms with Crippen LogP contribution in [0.4, 0.5) is 0 Å². The fraction of sp³-hybridized carbons (Fsp3) is 0. The van der Waals surface area contributed by atoms with Crippen LogP contribution in [-0.2, 0) is 0 Å². The van der Waals surface area contributed by atoms with Crippen LogP contribution in [0.3, 0.4) is 0 Å². The number of hydrogen-bond acceptors (Lipinski definition) is 2. The summed E-state index contributed by atoms with van der Waals surface area (Å²) in [6, 6.07) is 5.92. The van der Waals surface area contributed by atoms with E-state index in [-0.39, 0.29) is 35.9 Å². The SMILES string of the molecule is Cl.Cl.O=C(Cl)c1cccc(C(=O)Cl)c1. The molecule has 0 fully saturated rings. The summed E-state index contributed by atoms with van der Waals surface area (Å²) in [5, 5.41) is -1.20. The van der Waals surface area contributed by atoms with Gasteiger partial charge in [-0.3, -0.25) is 9.59 Å². The minimum Gasteiger partial charge on any atom is -0.276 e. The zero-order chi connectivity index (χ0) is 9.14. The molecule has 0 amide bonds. The summed E-state index contributed by atoms with van der Waals surface area (Å²) in [7, 11) is 0. The quantitative estimate of drug-likeness (QED) is 0.777. The van der Waals surface area contributed by atoms with E-state index in [1.165, 1.54) is 18.2 Å². The Bertz CT molecular complexity index is 309. The summed E-state index contributed by atoms with van der Waals surface area (Å²) < 4.78 is 0. The summed E-state index contributed by atoms with van der Waals surface area (Å²) >= 11 is 10.4. The Balaban J connectivity index is 0. The van der Waals surface area contributed by atoms with Gasteiger partial charge in [-0.2, -0.15) is 0 Å². The normalized spacial score (nSPS) is 8.14. The van der Waals surface area contributed by atoms with Crippen molar-refractivity contribution in [1.82, 2.24) is 0 Å². The van der Waals surface area contributed by atoms with Crippen LogP contribution in [0, 0.1) is 0 Å². The highest BCUT2D eigenvalue weighted by atomic mass is 35.5. The van der Waals surface area contributed by atoms with Crippen LogP contribution in [0.5, 0.6) is 0 Å². The molecule has 78 valence electrons. The van der Waals surface area contributed by atoms with Gasteiger partial charge in [0.2, 0.25) is 0 Å². The molecular formula is C8H6Cl4O2.